The molecule has 0 bridgehead atoms. The predicted molar refractivity (Wildman–Crippen MR) is 81.3 cm³/mol. The monoisotopic (exact) mass is 269 g/mol. The molecule has 1 aromatic heterocycles. The Morgan fingerprint density at radius 3 is 2.70 bits per heavy atom. The fourth-order valence-corrected chi connectivity index (χ4v) is 2.71. The third-order valence-electron chi connectivity index (χ3n) is 3.77. The average molecular weight is 269 g/mol. The zero-order valence-corrected chi connectivity index (χ0v) is 11.7. The first kappa shape index (κ1) is 12.9. The van der Waals surface area contributed by atoms with Crippen molar-refractivity contribution >= 4 is 23.0 Å². The van der Waals surface area contributed by atoms with Gasteiger partial charge in [0, 0.05) is 37.2 Å². The lowest BCUT2D eigenvalue weighted by atomic mass is 10.2. The number of para-hydroxylation sites is 1. The Hall–Kier alpha value is -2.10. The van der Waals surface area contributed by atoms with Crippen molar-refractivity contribution in [2.45, 2.75) is 26.2 Å². The molecule has 1 aliphatic rings. The molecule has 2 aromatic rings. The summed E-state index contributed by atoms with van der Waals surface area (Å²) in [6.07, 6.45) is 7.49. The summed E-state index contributed by atoms with van der Waals surface area (Å²) in [6.45, 7) is 3.64. The van der Waals surface area contributed by atoms with Crippen molar-refractivity contribution < 1.29 is 4.79 Å². The molecule has 104 valence electrons. The standard InChI is InChI=1S/C16H19N3O/c1-13(20)19-12-14(15-7-3-4-8-16(15)19)11-17-18-9-5-2-6-10-18/h3-4,7-8,11-12H,2,5-6,9-10H2,1H3/b17-11-. The number of piperidine rings is 1. The summed E-state index contributed by atoms with van der Waals surface area (Å²) in [5, 5.41) is 7.75. The quantitative estimate of drug-likeness (QED) is 0.786. The van der Waals surface area contributed by atoms with Crippen molar-refractivity contribution in [2.24, 2.45) is 5.10 Å². The lowest BCUT2D eigenvalue weighted by Gasteiger charge is -2.23. The third kappa shape index (κ3) is 2.46. The van der Waals surface area contributed by atoms with Gasteiger partial charge in [-0.25, -0.2) is 0 Å². The van der Waals surface area contributed by atoms with Gasteiger partial charge in [-0.05, 0) is 25.3 Å². The summed E-state index contributed by atoms with van der Waals surface area (Å²) >= 11 is 0. The van der Waals surface area contributed by atoms with Crippen LogP contribution in [0.25, 0.3) is 10.9 Å². The molecule has 0 spiro atoms. The van der Waals surface area contributed by atoms with Gasteiger partial charge in [-0.2, -0.15) is 5.10 Å². The van der Waals surface area contributed by atoms with Crippen molar-refractivity contribution in [1.82, 2.24) is 9.58 Å². The second-order valence-corrected chi connectivity index (χ2v) is 5.25. The van der Waals surface area contributed by atoms with Crippen LogP contribution in [-0.4, -0.2) is 34.8 Å². The zero-order chi connectivity index (χ0) is 13.9. The number of carbonyl (C=O) groups excluding carboxylic acids is 1. The van der Waals surface area contributed by atoms with Gasteiger partial charge >= 0.3 is 0 Å². The van der Waals surface area contributed by atoms with Gasteiger partial charge in [0.05, 0.1) is 11.7 Å². The molecule has 1 fully saturated rings. The molecular formula is C16H19N3O. The number of hydrogen-bond donors (Lipinski definition) is 0. The smallest absolute Gasteiger partial charge is 0.227 e. The molecule has 0 amide bonds. The molecule has 0 atom stereocenters. The van der Waals surface area contributed by atoms with E-state index in [1.54, 1.807) is 11.5 Å². The van der Waals surface area contributed by atoms with Gasteiger partial charge in [0.15, 0.2) is 0 Å². The number of hydrazone groups is 1. The molecule has 2 heterocycles. The lowest BCUT2D eigenvalue weighted by molar-refractivity contribution is 0.0941. The molecular weight excluding hydrogens is 250 g/mol. The topological polar surface area (TPSA) is 37.6 Å². The molecule has 4 heteroatoms. The fourth-order valence-electron chi connectivity index (χ4n) is 2.71. The highest BCUT2D eigenvalue weighted by Gasteiger charge is 2.10. The Balaban J connectivity index is 1.94. The van der Waals surface area contributed by atoms with Crippen LogP contribution < -0.4 is 0 Å². The summed E-state index contributed by atoms with van der Waals surface area (Å²) in [5.74, 6) is 0.0267. The first-order valence-corrected chi connectivity index (χ1v) is 7.15. The Morgan fingerprint density at radius 2 is 1.95 bits per heavy atom. The van der Waals surface area contributed by atoms with Crippen molar-refractivity contribution in [3.8, 4) is 0 Å². The summed E-state index contributed by atoms with van der Waals surface area (Å²) in [5.41, 5.74) is 1.95. The normalized spacial score (nSPS) is 16.1. The maximum atomic E-state index is 11.7. The minimum atomic E-state index is 0.0267. The number of hydrogen-bond acceptors (Lipinski definition) is 3. The highest BCUT2D eigenvalue weighted by molar-refractivity contribution is 6.03. The first-order valence-electron chi connectivity index (χ1n) is 7.15. The van der Waals surface area contributed by atoms with Gasteiger partial charge in [0.1, 0.15) is 0 Å². The van der Waals surface area contributed by atoms with Gasteiger partial charge in [0.2, 0.25) is 5.91 Å². The Labute approximate surface area is 118 Å². The van der Waals surface area contributed by atoms with Gasteiger partial charge in [-0.3, -0.25) is 14.4 Å². The second kappa shape index (κ2) is 5.49. The summed E-state index contributed by atoms with van der Waals surface area (Å²) in [4.78, 5) is 11.7. The maximum absolute atomic E-state index is 11.7. The van der Waals surface area contributed by atoms with Crippen LogP contribution in [0.1, 0.15) is 36.5 Å². The van der Waals surface area contributed by atoms with Crippen LogP contribution in [0.15, 0.2) is 35.6 Å². The first-order chi connectivity index (χ1) is 9.75. The second-order valence-electron chi connectivity index (χ2n) is 5.25. The van der Waals surface area contributed by atoms with Crippen molar-refractivity contribution in [3.63, 3.8) is 0 Å². The number of benzene rings is 1. The Morgan fingerprint density at radius 1 is 1.20 bits per heavy atom. The average Bonchev–Trinajstić information content (AvgIpc) is 2.85. The summed E-state index contributed by atoms with van der Waals surface area (Å²) < 4.78 is 1.69. The minimum Gasteiger partial charge on any atom is -0.297 e. The highest BCUT2D eigenvalue weighted by Crippen LogP contribution is 2.20. The molecule has 3 rings (SSSR count). The SMILES string of the molecule is CC(=O)n1cc(/C=N\N2CCCCC2)c2ccccc21. The largest absolute Gasteiger partial charge is 0.297 e. The van der Waals surface area contributed by atoms with Crippen molar-refractivity contribution in [1.29, 1.82) is 0 Å². The third-order valence-corrected chi connectivity index (χ3v) is 3.77. The van der Waals surface area contributed by atoms with E-state index in [-0.39, 0.29) is 5.91 Å². The maximum Gasteiger partial charge on any atom is 0.227 e. The molecule has 1 aromatic carbocycles. The zero-order valence-electron chi connectivity index (χ0n) is 11.7. The highest BCUT2D eigenvalue weighted by atomic mass is 16.1. The predicted octanol–water partition coefficient (Wildman–Crippen LogP) is 3.12. The van der Waals surface area contributed by atoms with Crippen LogP contribution in [0, 0.1) is 0 Å². The van der Waals surface area contributed by atoms with Crippen molar-refractivity contribution in [2.75, 3.05) is 13.1 Å². The van der Waals surface area contributed by atoms with E-state index in [4.69, 9.17) is 0 Å². The number of fused-ring (bicyclic) bond motifs is 1. The van der Waals surface area contributed by atoms with E-state index in [0.717, 1.165) is 29.6 Å². The van der Waals surface area contributed by atoms with Gasteiger partial charge in [-0.15, -0.1) is 0 Å². The Bertz CT molecular complexity index is 651. The molecule has 1 aliphatic heterocycles. The molecule has 4 nitrogen and oxygen atoms in total. The van der Waals surface area contributed by atoms with Crippen molar-refractivity contribution in [3.05, 3.63) is 36.0 Å². The number of carbonyl (C=O) groups is 1. The molecule has 0 aliphatic carbocycles. The van der Waals surface area contributed by atoms with Gasteiger partial charge in [-0.1, -0.05) is 18.2 Å². The van der Waals surface area contributed by atoms with Crippen LogP contribution in [-0.2, 0) is 0 Å². The molecule has 20 heavy (non-hydrogen) atoms. The fraction of sp³-hybridized carbons (Fsp3) is 0.375. The van der Waals surface area contributed by atoms with E-state index >= 15 is 0 Å². The van der Waals surface area contributed by atoms with E-state index in [9.17, 15) is 4.79 Å². The number of rotatable bonds is 2. The van der Waals surface area contributed by atoms with E-state index in [1.165, 1.54) is 19.3 Å². The molecule has 1 saturated heterocycles. The number of aromatic nitrogens is 1. The number of nitrogens with zero attached hydrogens (tertiary/aromatic N) is 3. The van der Waals surface area contributed by atoms with Crippen LogP contribution in [0.3, 0.4) is 0 Å². The van der Waals surface area contributed by atoms with Crippen LogP contribution in [0.5, 0.6) is 0 Å². The Kier molecular flexibility index (Phi) is 3.54. The van der Waals surface area contributed by atoms with E-state index < -0.39 is 0 Å². The molecule has 0 saturated carbocycles. The van der Waals surface area contributed by atoms with E-state index in [1.807, 2.05) is 36.7 Å². The van der Waals surface area contributed by atoms with Crippen LogP contribution in [0.4, 0.5) is 0 Å². The van der Waals surface area contributed by atoms with Crippen LogP contribution >= 0.6 is 0 Å². The van der Waals surface area contributed by atoms with E-state index in [0.29, 0.717) is 0 Å². The van der Waals surface area contributed by atoms with Gasteiger partial charge < -0.3 is 0 Å². The van der Waals surface area contributed by atoms with Gasteiger partial charge in [0.25, 0.3) is 0 Å². The minimum absolute atomic E-state index is 0.0267. The van der Waals surface area contributed by atoms with E-state index in [2.05, 4.69) is 10.1 Å². The summed E-state index contributed by atoms with van der Waals surface area (Å²) in [7, 11) is 0. The molecule has 0 N–H and O–H groups in total. The lowest BCUT2D eigenvalue weighted by Crippen LogP contribution is -2.24. The van der Waals surface area contributed by atoms with Crippen LogP contribution in [0.2, 0.25) is 0 Å². The summed E-state index contributed by atoms with van der Waals surface area (Å²) in [6, 6.07) is 7.94. The molecule has 0 unspecified atom stereocenters. The molecule has 0 radical (unpaired) electrons.